The highest BCUT2D eigenvalue weighted by molar-refractivity contribution is 7.26. The molecule has 2 aliphatic carbocycles. The largest absolute Gasteiger partial charge is 0.206 e. The maximum atomic E-state index is 15.5. The average molecular weight is 763 g/mol. The van der Waals surface area contributed by atoms with E-state index in [1.807, 2.05) is 85.0 Å². The number of allylic oxidation sites excluding steroid dienone is 5. The highest BCUT2D eigenvalue weighted by atomic mass is 32.1. The highest BCUT2D eigenvalue weighted by Crippen LogP contribution is 2.53. The van der Waals surface area contributed by atoms with Crippen LogP contribution in [0.1, 0.15) is 28.2 Å². The van der Waals surface area contributed by atoms with E-state index in [0.29, 0.717) is 11.1 Å². The van der Waals surface area contributed by atoms with Crippen LogP contribution >= 0.6 is 11.3 Å². The molecular weight excluding hydrogens is 733 g/mol. The molecule has 57 heavy (non-hydrogen) atoms. The topological polar surface area (TPSA) is 0 Å². The molecule has 0 fully saturated rings. The van der Waals surface area contributed by atoms with Crippen molar-refractivity contribution in [3.8, 4) is 22.3 Å². The van der Waals surface area contributed by atoms with Crippen molar-refractivity contribution in [3.05, 3.63) is 221 Å². The Morgan fingerprint density at radius 2 is 1.02 bits per heavy atom. The third-order valence-electron chi connectivity index (χ3n) is 11.8. The summed E-state index contributed by atoms with van der Waals surface area (Å²) < 4.78 is 64.3. The molecule has 0 radical (unpaired) electrons. The first kappa shape index (κ1) is 33.8. The number of rotatable bonds is 4. The summed E-state index contributed by atoms with van der Waals surface area (Å²) in [6.45, 7) is 0. The molecule has 1 heterocycles. The van der Waals surface area contributed by atoms with Gasteiger partial charge in [0.2, 0.25) is 0 Å². The third-order valence-corrected chi connectivity index (χ3v) is 12.9. The van der Waals surface area contributed by atoms with Gasteiger partial charge in [-0.25, -0.2) is 17.6 Å². The Kier molecular flexibility index (Phi) is 7.70. The molecule has 0 amide bonds. The molecule has 1 aromatic heterocycles. The van der Waals surface area contributed by atoms with Gasteiger partial charge in [-0.3, -0.25) is 0 Å². The lowest BCUT2D eigenvalue weighted by Crippen LogP contribution is -2.23. The summed E-state index contributed by atoms with van der Waals surface area (Å²) in [5.74, 6) is -2.59. The van der Waals surface area contributed by atoms with Crippen molar-refractivity contribution in [2.24, 2.45) is 5.92 Å². The molecule has 8 aromatic carbocycles. The van der Waals surface area contributed by atoms with Crippen LogP contribution in [0.15, 0.2) is 175 Å². The van der Waals surface area contributed by atoms with E-state index in [-0.39, 0.29) is 23.0 Å². The number of fused-ring (bicyclic) bond motifs is 7. The van der Waals surface area contributed by atoms with E-state index in [1.165, 1.54) is 36.4 Å². The van der Waals surface area contributed by atoms with Crippen LogP contribution in [0.3, 0.4) is 0 Å². The van der Waals surface area contributed by atoms with Gasteiger partial charge in [-0.1, -0.05) is 133 Å². The lowest BCUT2D eigenvalue weighted by molar-refractivity contribution is 0.574. The molecule has 272 valence electrons. The van der Waals surface area contributed by atoms with E-state index < -0.39 is 23.3 Å². The number of benzene rings is 8. The van der Waals surface area contributed by atoms with Gasteiger partial charge in [0, 0.05) is 37.6 Å². The first-order chi connectivity index (χ1) is 28.0. The fourth-order valence-corrected chi connectivity index (χ4v) is 10.7. The van der Waals surface area contributed by atoms with E-state index in [9.17, 15) is 0 Å². The number of halogens is 4. The second kappa shape index (κ2) is 13.0. The Morgan fingerprint density at radius 3 is 1.70 bits per heavy atom. The van der Waals surface area contributed by atoms with Crippen molar-refractivity contribution in [3.63, 3.8) is 0 Å². The normalized spacial score (nSPS) is 16.2. The zero-order valence-corrected chi connectivity index (χ0v) is 31.1. The van der Waals surface area contributed by atoms with Crippen LogP contribution in [0, 0.1) is 29.2 Å². The van der Waals surface area contributed by atoms with Crippen LogP contribution in [-0.4, -0.2) is 0 Å². The molecule has 0 saturated carbocycles. The fourth-order valence-electron chi connectivity index (χ4n) is 9.51. The molecule has 0 saturated heterocycles. The van der Waals surface area contributed by atoms with E-state index in [1.54, 1.807) is 11.3 Å². The zero-order chi connectivity index (χ0) is 38.4. The number of thiophene rings is 1. The SMILES string of the molecule is Fc1cccc(F)c1C1=C2C=CC=CC2C(c2ccc3c(c2)sc2cccc(-c4c5ccccc5c(-c5c(F)cccc5F)c5ccccc45)c23)c2ccccc21. The third kappa shape index (κ3) is 5.05. The number of hydrogen-bond acceptors (Lipinski definition) is 1. The molecule has 2 atom stereocenters. The predicted octanol–water partition coefficient (Wildman–Crippen LogP) is 14.9. The Hall–Kier alpha value is -6.56. The second-order valence-corrected chi connectivity index (χ2v) is 15.8. The van der Waals surface area contributed by atoms with Crippen LogP contribution in [0.2, 0.25) is 0 Å². The first-order valence-corrected chi connectivity index (χ1v) is 19.8. The summed E-state index contributed by atoms with van der Waals surface area (Å²) in [5, 5.41) is 5.60. The molecular formula is C52H30F4S. The molecule has 0 nitrogen and oxygen atoms in total. The van der Waals surface area contributed by atoms with Gasteiger partial charge in [-0.05, 0) is 96.9 Å². The molecule has 0 aliphatic heterocycles. The smallest absolute Gasteiger partial charge is 0.134 e. The Morgan fingerprint density at radius 1 is 0.439 bits per heavy atom. The van der Waals surface area contributed by atoms with E-state index in [2.05, 4.69) is 48.5 Å². The molecule has 0 spiro atoms. The summed E-state index contributed by atoms with van der Waals surface area (Å²) >= 11 is 1.73. The minimum Gasteiger partial charge on any atom is -0.206 e. The quantitative estimate of drug-likeness (QED) is 0.124. The Balaban J connectivity index is 1.13. The van der Waals surface area contributed by atoms with Gasteiger partial charge in [0.25, 0.3) is 0 Å². The molecule has 2 aliphatic rings. The molecule has 11 rings (SSSR count). The van der Waals surface area contributed by atoms with E-state index in [4.69, 9.17) is 0 Å². The summed E-state index contributed by atoms with van der Waals surface area (Å²) in [6.07, 6.45) is 8.11. The monoisotopic (exact) mass is 762 g/mol. The molecule has 0 N–H and O–H groups in total. The van der Waals surface area contributed by atoms with Gasteiger partial charge in [0.15, 0.2) is 0 Å². The number of hydrogen-bond donors (Lipinski definition) is 0. The van der Waals surface area contributed by atoms with E-state index in [0.717, 1.165) is 75.1 Å². The Labute approximate surface area is 330 Å². The summed E-state index contributed by atoms with van der Waals surface area (Å²) in [7, 11) is 0. The maximum Gasteiger partial charge on any atom is 0.134 e. The fraction of sp³-hybridized carbons (Fsp3) is 0.0385. The van der Waals surface area contributed by atoms with Gasteiger partial charge >= 0.3 is 0 Å². The molecule has 9 aromatic rings. The van der Waals surface area contributed by atoms with Crippen molar-refractivity contribution in [1.82, 2.24) is 0 Å². The lowest BCUT2D eigenvalue weighted by Gasteiger charge is -2.37. The second-order valence-electron chi connectivity index (χ2n) is 14.7. The van der Waals surface area contributed by atoms with Gasteiger partial charge < -0.3 is 0 Å². The Bertz CT molecular complexity index is 3160. The van der Waals surface area contributed by atoms with Crippen LogP contribution in [0.4, 0.5) is 17.6 Å². The van der Waals surface area contributed by atoms with Crippen molar-refractivity contribution in [2.45, 2.75) is 5.92 Å². The summed E-state index contributed by atoms with van der Waals surface area (Å²) in [4.78, 5) is 0. The predicted molar refractivity (Wildman–Crippen MR) is 228 cm³/mol. The van der Waals surface area contributed by atoms with Crippen molar-refractivity contribution in [2.75, 3.05) is 0 Å². The van der Waals surface area contributed by atoms with Crippen molar-refractivity contribution >= 4 is 58.6 Å². The van der Waals surface area contributed by atoms with Crippen LogP contribution < -0.4 is 0 Å². The van der Waals surface area contributed by atoms with Gasteiger partial charge in [-0.15, -0.1) is 11.3 Å². The van der Waals surface area contributed by atoms with Gasteiger partial charge in [-0.2, -0.15) is 0 Å². The van der Waals surface area contributed by atoms with Crippen molar-refractivity contribution < 1.29 is 17.6 Å². The highest BCUT2D eigenvalue weighted by Gasteiger charge is 2.37. The molecule has 2 unspecified atom stereocenters. The van der Waals surface area contributed by atoms with Crippen LogP contribution in [0.25, 0.3) is 69.5 Å². The lowest BCUT2D eigenvalue weighted by atomic mass is 9.66. The first-order valence-electron chi connectivity index (χ1n) is 18.9. The van der Waals surface area contributed by atoms with Gasteiger partial charge in [0.05, 0.1) is 11.1 Å². The van der Waals surface area contributed by atoms with Crippen molar-refractivity contribution in [1.29, 1.82) is 0 Å². The minimum atomic E-state index is -0.599. The van der Waals surface area contributed by atoms with E-state index >= 15 is 17.6 Å². The molecule has 5 heteroatoms. The summed E-state index contributed by atoms with van der Waals surface area (Å²) in [6, 6.07) is 44.9. The van der Waals surface area contributed by atoms with Crippen LogP contribution in [0.5, 0.6) is 0 Å². The van der Waals surface area contributed by atoms with Gasteiger partial charge in [0.1, 0.15) is 23.3 Å². The average Bonchev–Trinajstić information content (AvgIpc) is 3.61. The molecule has 0 bridgehead atoms. The standard InChI is InChI=1S/C52H30F4S/c53-40-21-10-22-41(54)51(40)49-34-16-5-1-12-30(34)46(31-13-2-6-17-35(31)49)29-26-27-38-45(28-29)57-44-25-9-20-39(48(38)44)47-32-14-3-7-18-36(32)50(37-19-8-4-15-33(37)47)52-42(55)23-11-24-43(52)56/h1-28,30,46H. The zero-order valence-electron chi connectivity index (χ0n) is 30.2. The summed E-state index contributed by atoms with van der Waals surface area (Å²) in [5.41, 5.74) is 7.03. The maximum absolute atomic E-state index is 15.5. The minimum absolute atomic E-state index is 0.00274. The van der Waals surface area contributed by atoms with Crippen LogP contribution in [-0.2, 0) is 0 Å².